The SMILES string of the molecule is CCS(=O)(=O)c1ccccc1NC1CC1. The van der Waals surface area contributed by atoms with Gasteiger partial charge in [0.1, 0.15) is 0 Å². The van der Waals surface area contributed by atoms with Crippen LogP contribution in [0.15, 0.2) is 29.2 Å². The second-order valence-electron chi connectivity index (χ2n) is 3.82. The van der Waals surface area contributed by atoms with Crippen LogP contribution in [0.3, 0.4) is 0 Å². The van der Waals surface area contributed by atoms with Crippen molar-refractivity contribution < 1.29 is 8.42 Å². The normalized spacial score (nSPS) is 16.3. The maximum atomic E-state index is 11.8. The van der Waals surface area contributed by atoms with Crippen LogP contribution in [0.5, 0.6) is 0 Å². The van der Waals surface area contributed by atoms with Crippen LogP contribution in [-0.4, -0.2) is 20.2 Å². The maximum Gasteiger partial charge on any atom is 0.180 e. The van der Waals surface area contributed by atoms with E-state index >= 15 is 0 Å². The first-order valence-corrected chi connectivity index (χ1v) is 6.87. The second-order valence-corrected chi connectivity index (χ2v) is 6.06. The number of rotatable bonds is 4. The number of nitrogens with one attached hydrogen (secondary N) is 1. The molecular weight excluding hydrogens is 210 g/mol. The summed E-state index contributed by atoms with van der Waals surface area (Å²) in [6.07, 6.45) is 2.28. The predicted octanol–water partition coefficient (Wildman–Crippen LogP) is 2.05. The zero-order chi connectivity index (χ0) is 10.9. The number of hydrogen-bond donors (Lipinski definition) is 1. The van der Waals surface area contributed by atoms with E-state index in [1.165, 1.54) is 0 Å². The Kier molecular flexibility index (Phi) is 2.69. The van der Waals surface area contributed by atoms with Gasteiger partial charge in [0.15, 0.2) is 9.84 Å². The van der Waals surface area contributed by atoms with Gasteiger partial charge in [-0.1, -0.05) is 19.1 Å². The molecule has 0 spiro atoms. The molecule has 0 bridgehead atoms. The van der Waals surface area contributed by atoms with E-state index < -0.39 is 9.84 Å². The number of anilines is 1. The van der Waals surface area contributed by atoms with Gasteiger partial charge in [0.2, 0.25) is 0 Å². The summed E-state index contributed by atoms with van der Waals surface area (Å²) in [5.41, 5.74) is 0.752. The molecule has 0 aliphatic heterocycles. The van der Waals surface area contributed by atoms with Crippen molar-refractivity contribution in [3.8, 4) is 0 Å². The van der Waals surface area contributed by atoms with Crippen molar-refractivity contribution in [3.05, 3.63) is 24.3 Å². The van der Waals surface area contributed by atoms with Crippen molar-refractivity contribution in [1.29, 1.82) is 0 Å². The Balaban J connectivity index is 2.36. The van der Waals surface area contributed by atoms with Gasteiger partial charge in [-0.05, 0) is 25.0 Å². The van der Waals surface area contributed by atoms with Gasteiger partial charge in [0.05, 0.1) is 16.3 Å². The van der Waals surface area contributed by atoms with Gasteiger partial charge in [-0.25, -0.2) is 8.42 Å². The minimum atomic E-state index is -3.11. The van der Waals surface area contributed by atoms with Crippen molar-refractivity contribution in [3.63, 3.8) is 0 Å². The highest BCUT2D eigenvalue weighted by atomic mass is 32.2. The summed E-state index contributed by atoms with van der Waals surface area (Å²) in [4.78, 5) is 0.430. The third-order valence-electron chi connectivity index (χ3n) is 2.54. The van der Waals surface area contributed by atoms with E-state index in [0.717, 1.165) is 18.5 Å². The summed E-state index contributed by atoms with van der Waals surface area (Å²) < 4.78 is 23.6. The Morgan fingerprint density at radius 1 is 1.33 bits per heavy atom. The zero-order valence-electron chi connectivity index (χ0n) is 8.73. The third kappa shape index (κ3) is 2.31. The first kappa shape index (κ1) is 10.5. The van der Waals surface area contributed by atoms with E-state index in [4.69, 9.17) is 0 Å². The lowest BCUT2D eigenvalue weighted by Gasteiger charge is -2.10. The molecule has 0 aromatic heterocycles. The molecule has 3 nitrogen and oxygen atoms in total. The molecule has 1 saturated carbocycles. The number of hydrogen-bond acceptors (Lipinski definition) is 3. The van der Waals surface area contributed by atoms with Gasteiger partial charge in [-0.2, -0.15) is 0 Å². The topological polar surface area (TPSA) is 46.2 Å². The fraction of sp³-hybridized carbons (Fsp3) is 0.455. The fourth-order valence-corrected chi connectivity index (χ4v) is 2.52. The minimum absolute atomic E-state index is 0.149. The third-order valence-corrected chi connectivity index (χ3v) is 4.33. The van der Waals surface area contributed by atoms with Crippen LogP contribution in [0.25, 0.3) is 0 Å². The molecule has 0 unspecified atom stereocenters. The molecule has 2 rings (SSSR count). The highest BCUT2D eigenvalue weighted by molar-refractivity contribution is 7.91. The van der Waals surface area contributed by atoms with Gasteiger partial charge in [0, 0.05) is 6.04 Å². The largest absolute Gasteiger partial charge is 0.381 e. The smallest absolute Gasteiger partial charge is 0.180 e. The van der Waals surface area contributed by atoms with Crippen molar-refractivity contribution >= 4 is 15.5 Å². The highest BCUT2D eigenvalue weighted by Gasteiger charge is 2.24. The van der Waals surface area contributed by atoms with Gasteiger partial charge in [0.25, 0.3) is 0 Å². The molecule has 1 aromatic rings. The Morgan fingerprint density at radius 2 is 2.00 bits per heavy atom. The lowest BCUT2D eigenvalue weighted by atomic mass is 10.3. The lowest BCUT2D eigenvalue weighted by molar-refractivity contribution is 0.597. The van der Waals surface area contributed by atoms with Crippen molar-refractivity contribution in [2.45, 2.75) is 30.7 Å². The van der Waals surface area contributed by atoms with Crippen molar-refractivity contribution in [2.75, 3.05) is 11.1 Å². The van der Waals surface area contributed by atoms with Crippen LogP contribution in [0, 0.1) is 0 Å². The standard InChI is InChI=1S/C11H15NO2S/c1-2-15(13,14)11-6-4-3-5-10(11)12-9-7-8-9/h3-6,9,12H,2,7-8H2,1H3. The van der Waals surface area contributed by atoms with Crippen LogP contribution in [0.2, 0.25) is 0 Å². The van der Waals surface area contributed by atoms with Crippen LogP contribution in [0.1, 0.15) is 19.8 Å². The van der Waals surface area contributed by atoms with E-state index in [2.05, 4.69) is 5.32 Å². The molecule has 1 fully saturated rings. The molecular formula is C11H15NO2S. The average molecular weight is 225 g/mol. The van der Waals surface area contributed by atoms with Crippen molar-refractivity contribution in [2.24, 2.45) is 0 Å². The molecule has 0 atom stereocenters. The molecule has 1 N–H and O–H groups in total. The summed E-state index contributed by atoms with van der Waals surface area (Å²) in [5.74, 6) is 0.149. The predicted molar refractivity (Wildman–Crippen MR) is 60.8 cm³/mol. The molecule has 1 aliphatic rings. The van der Waals surface area contributed by atoms with E-state index in [1.54, 1.807) is 19.1 Å². The van der Waals surface area contributed by atoms with Gasteiger partial charge < -0.3 is 5.32 Å². The summed E-state index contributed by atoms with van der Waals surface area (Å²) in [6.45, 7) is 1.67. The molecule has 0 radical (unpaired) electrons. The summed E-state index contributed by atoms with van der Waals surface area (Å²) in [5, 5.41) is 3.25. The summed E-state index contributed by atoms with van der Waals surface area (Å²) >= 11 is 0. The molecule has 0 saturated heterocycles. The van der Waals surface area contributed by atoms with E-state index in [-0.39, 0.29) is 5.75 Å². The molecule has 82 valence electrons. The number of sulfone groups is 1. The second kappa shape index (κ2) is 3.85. The average Bonchev–Trinajstić information content (AvgIpc) is 3.02. The van der Waals surface area contributed by atoms with E-state index in [9.17, 15) is 8.42 Å². The Bertz CT molecular complexity index is 449. The molecule has 0 heterocycles. The first-order chi connectivity index (χ1) is 7.13. The molecule has 15 heavy (non-hydrogen) atoms. The number of para-hydroxylation sites is 1. The van der Waals surface area contributed by atoms with Gasteiger partial charge in [-0.3, -0.25) is 0 Å². The zero-order valence-corrected chi connectivity index (χ0v) is 9.55. The first-order valence-electron chi connectivity index (χ1n) is 5.22. The summed E-state index contributed by atoms with van der Waals surface area (Å²) in [7, 11) is -3.11. The Morgan fingerprint density at radius 3 is 2.60 bits per heavy atom. The monoisotopic (exact) mass is 225 g/mol. The Labute approximate surface area is 90.4 Å². The molecule has 0 amide bonds. The van der Waals surface area contributed by atoms with Crippen LogP contribution in [0.4, 0.5) is 5.69 Å². The Hall–Kier alpha value is -1.03. The van der Waals surface area contributed by atoms with Crippen LogP contribution < -0.4 is 5.32 Å². The van der Waals surface area contributed by atoms with E-state index in [1.807, 2.05) is 12.1 Å². The van der Waals surface area contributed by atoms with Crippen LogP contribution in [-0.2, 0) is 9.84 Å². The minimum Gasteiger partial charge on any atom is -0.381 e. The quantitative estimate of drug-likeness (QED) is 0.853. The van der Waals surface area contributed by atoms with Crippen molar-refractivity contribution in [1.82, 2.24) is 0 Å². The molecule has 1 aliphatic carbocycles. The lowest BCUT2D eigenvalue weighted by Crippen LogP contribution is -2.10. The maximum absolute atomic E-state index is 11.8. The molecule has 4 heteroatoms. The highest BCUT2D eigenvalue weighted by Crippen LogP contribution is 2.29. The van der Waals surface area contributed by atoms with Gasteiger partial charge in [-0.15, -0.1) is 0 Å². The number of benzene rings is 1. The van der Waals surface area contributed by atoms with Crippen LogP contribution >= 0.6 is 0 Å². The van der Waals surface area contributed by atoms with Gasteiger partial charge >= 0.3 is 0 Å². The fourth-order valence-electron chi connectivity index (χ4n) is 1.46. The molecule has 1 aromatic carbocycles. The van der Waals surface area contributed by atoms with E-state index in [0.29, 0.717) is 10.9 Å². The summed E-state index contributed by atoms with van der Waals surface area (Å²) in [6, 6.07) is 7.60.